The average Bonchev–Trinajstić information content (AvgIpc) is 2.93. The van der Waals surface area contributed by atoms with Crippen LogP contribution in [0.3, 0.4) is 0 Å². The summed E-state index contributed by atoms with van der Waals surface area (Å²) in [7, 11) is 1.94. The number of aromatic nitrogens is 2. The SMILES string of the molecule is CNc1nc(C2CCC(C(C)(C)C)CC2)nc2sccc12. The van der Waals surface area contributed by atoms with Crippen LogP contribution in [-0.4, -0.2) is 17.0 Å². The summed E-state index contributed by atoms with van der Waals surface area (Å²) in [6, 6.07) is 2.10. The van der Waals surface area contributed by atoms with E-state index in [0.29, 0.717) is 11.3 Å². The highest BCUT2D eigenvalue weighted by atomic mass is 32.1. The fraction of sp³-hybridized carbons (Fsp3) is 0.647. The Labute approximate surface area is 131 Å². The minimum absolute atomic E-state index is 0.430. The summed E-state index contributed by atoms with van der Waals surface area (Å²) in [6.07, 6.45) is 5.05. The van der Waals surface area contributed by atoms with Crippen molar-refractivity contribution in [3.8, 4) is 0 Å². The molecule has 0 atom stereocenters. The highest BCUT2D eigenvalue weighted by Gasteiger charge is 2.31. The van der Waals surface area contributed by atoms with E-state index < -0.39 is 0 Å². The molecular formula is C17H25N3S. The zero-order valence-corrected chi connectivity index (χ0v) is 14.3. The van der Waals surface area contributed by atoms with E-state index in [1.807, 2.05) is 7.05 Å². The Bertz CT molecular complexity index is 618. The molecule has 4 heteroatoms. The lowest BCUT2D eigenvalue weighted by atomic mass is 9.70. The summed E-state index contributed by atoms with van der Waals surface area (Å²) in [5.74, 6) is 3.39. The zero-order valence-electron chi connectivity index (χ0n) is 13.4. The predicted molar refractivity (Wildman–Crippen MR) is 91.1 cm³/mol. The lowest BCUT2D eigenvalue weighted by Gasteiger charge is -2.36. The molecule has 0 amide bonds. The first kappa shape index (κ1) is 14.8. The molecule has 1 aliphatic carbocycles. The third kappa shape index (κ3) is 2.91. The molecule has 0 unspecified atom stereocenters. The van der Waals surface area contributed by atoms with E-state index in [4.69, 9.17) is 9.97 Å². The van der Waals surface area contributed by atoms with Gasteiger partial charge in [-0.2, -0.15) is 0 Å². The van der Waals surface area contributed by atoms with Gasteiger partial charge in [-0.05, 0) is 48.5 Å². The molecule has 114 valence electrons. The van der Waals surface area contributed by atoms with Gasteiger partial charge in [0.15, 0.2) is 0 Å². The topological polar surface area (TPSA) is 37.8 Å². The molecule has 1 saturated carbocycles. The highest BCUT2D eigenvalue weighted by molar-refractivity contribution is 7.16. The van der Waals surface area contributed by atoms with E-state index >= 15 is 0 Å². The Kier molecular flexibility index (Phi) is 3.91. The van der Waals surface area contributed by atoms with Crippen molar-refractivity contribution in [2.24, 2.45) is 11.3 Å². The van der Waals surface area contributed by atoms with Crippen LogP contribution in [0.4, 0.5) is 5.82 Å². The van der Waals surface area contributed by atoms with Gasteiger partial charge in [0, 0.05) is 13.0 Å². The Morgan fingerprint density at radius 1 is 1.14 bits per heavy atom. The van der Waals surface area contributed by atoms with Crippen molar-refractivity contribution in [3.05, 3.63) is 17.3 Å². The molecule has 2 heterocycles. The van der Waals surface area contributed by atoms with E-state index in [1.54, 1.807) is 11.3 Å². The second-order valence-electron chi connectivity index (χ2n) is 7.23. The van der Waals surface area contributed by atoms with Crippen LogP contribution in [0.25, 0.3) is 10.2 Å². The van der Waals surface area contributed by atoms with Crippen LogP contribution in [0.1, 0.15) is 58.2 Å². The minimum Gasteiger partial charge on any atom is -0.372 e. The first-order valence-electron chi connectivity index (χ1n) is 7.92. The number of hydrogen-bond acceptors (Lipinski definition) is 4. The van der Waals surface area contributed by atoms with Crippen molar-refractivity contribution in [1.82, 2.24) is 9.97 Å². The standard InChI is InChI=1S/C17H25N3S/c1-17(2,3)12-7-5-11(6-8-12)14-19-15(18-4)13-9-10-21-16(13)20-14/h9-12H,5-8H2,1-4H3,(H,18,19,20). The van der Waals surface area contributed by atoms with Crippen molar-refractivity contribution >= 4 is 27.4 Å². The lowest BCUT2D eigenvalue weighted by Crippen LogP contribution is -2.25. The maximum Gasteiger partial charge on any atom is 0.138 e. The molecule has 2 aromatic rings. The highest BCUT2D eigenvalue weighted by Crippen LogP contribution is 2.43. The van der Waals surface area contributed by atoms with E-state index in [1.165, 1.54) is 25.7 Å². The van der Waals surface area contributed by atoms with Crippen molar-refractivity contribution < 1.29 is 0 Å². The summed E-state index contributed by atoms with van der Waals surface area (Å²) < 4.78 is 0. The molecule has 0 radical (unpaired) electrons. The van der Waals surface area contributed by atoms with Gasteiger partial charge < -0.3 is 5.32 Å². The molecule has 1 N–H and O–H groups in total. The van der Waals surface area contributed by atoms with Gasteiger partial charge in [0.2, 0.25) is 0 Å². The molecule has 0 bridgehead atoms. The molecular weight excluding hydrogens is 278 g/mol. The summed E-state index contributed by atoms with van der Waals surface area (Å²) in [5.41, 5.74) is 0.430. The van der Waals surface area contributed by atoms with Crippen LogP contribution in [0.5, 0.6) is 0 Å². The van der Waals surface area contributed by atoms with Gasteiger partial charge in [-0.3, -0.25) is 0 Å². The Hall–Kier alpha value is -1.16. The van der Waals surface area contributed by atoms with E-state index in [0.717, 1.165) is 27.8 Å². The van der Waals surface area contributed by atoms with Gasteiger partial charge in [0.05, 0.1) is 5.39 Å². The van der Waals surface area contributed by atoms with Gasteiger partial charge >= 0.3 is 0 Å². The average molecular weight is 303 g/mol. The zero-order chi connectivity index (χ0) is 15.0. The molecule has 2 aromatic heterocycles. The van der Waals surface area contributed by atoms with Crippen LogP contribution in [0.2, 0.25) is 0 Å². The summed E-state index contributed by atoms with van der Waals surface area (Å²) in [5, 5.41) is 6.47. The van der Waals surface area contributed by atoms with E-state index in [-0.39, 0.29) is 0 Å². The second-order valence-corrected chi connectivity index (χ2v) is 8.13. The lowest BCUT2D eigenvalue weighted by molar-refractivity contribution is 0.167. The van der Waals surface area contributed by atoms with Crippen LogP contribution in [0.15, 0.2) is 11.4 Å². The predicted octanol–water partition coefficient (Wildman–Crippen LogP) is 5.05. The fourth-order valence-electron chi connectivity index (χ4n) is 3.46. The Morgan fingerprint density at radius 3 is 2.48 bits per heavy atom. The van der Waals surface area contributed by atoms with Crippen molar-refractivity contribution in [1.29, 1.82) is 0 Å². The number of nitrogens with zero attached hydrogens (tertiary/aromatic N) is 2. The van der Waals surface area contributed by atoms with Crippen LogP contribution in [0, 0.1) is 11.3 Å². The number of fused-ring (bicyclic) bond motifs is 1. The summed E-state index contributed by atoms with van der Waals surface area (Å²) in [4.78, 5) is 10.7. The first-order valence-corrected chi connectivity index (χ1v) is 8.80. The van der Waals surface area contributed by atoms with Crippen LogP contribution in [-0.2, 0) is 0 Å². The normalized spacial score (nSPS) is 23.4. The van der Waals surface area contributed by atoms with Crippen LogP contribution < -0.4 is 5.32 Å². The van der Waals surface area contributed by atoms with E-state index in [2.05, 4.69) is 37.5 Å². The van der Waals surface area contributed by atoms with Crippen molar-refractivity contribution in [2.45, 2.75) is 52.4 Å². The van der Waals surface area contributed by atoms with Gasteiger partial charge in [-0.1, -0.05) is 20.8 Å². The number of rotatable bonds is 2. The summed E-state index contributed by atoms with van der Waals surface area (Å²) >= 11 is 1.71. The van der Waals surface area contributed by atoms with Gasteiger partial charge in [-0.25, -0.2) is 9.97 Å². The third-order valence-corrected chi connectivity index (χ3v) is 5.70. The smallest absolute Gasteiger partial charge is 0.138 e. The fourth-order valence-corrected chi connectivity index (χ4v) is 4.23. The molecule has 1 fully saturated rings. The number of hydrogen-bond donors (Lipinski definition) is 1. The minimum atomic E-state index is 0.430. The van der Waals surface area contributed by atoms with Crippen molar-refractivity contribution in [3.63, 3.8) is 0 Å². The molecule has 0 aliphatic heterocycles. The Morgan fingerprint density at radius 2 is 1.86 bits per heavy atom. The Balaban J connectivity index is 1.82. The molecule has 3 rings (SSSR count). The molecule has 0 spiro atoms. The van der Waals surface area contributed by atoms with E-state index in [9.17, 15) is 0 Å². The molecule has 0 aromatic carbocycles. The monoisotopic (exact) mass is 303 g/mol. The molecule has 21 heavy (non-hydrogen) atoms. The maximum absolute atomic E-state index is 4.82. The molecule has 3 nitrogen and oxygen atoms in total. The van der Waals surface area contributed by atoms with Gasteiger partial charge in [-0.15, -0.1) is 11.3 Å². The largest absolute Gasteiger partial charge is 0.372 e. The second kappa shape index (κ2) is 5.56. The number of nitrogens with one attached hydrogen (secondary N) is 1. The van der Waals surface area contributed by atoms with Crippen LogP contribution >= 0.6 is 11.3 Å². The first-order chi connectivity index (χ1) is 9.99. The number of thiophene rings is 1. The van der Waals surface area contributed by atoms with Gasteiger partial charge in [0.1, 0.15) is 16.5 Å². The van der Waals surface area contributed by atoms with Gasteiger partial charge in [0.25, 0.3) is 0 Å². The third-order valence-electron chi connectivity index (χ3n) is 4.90. The number of anilines is 1. The quantitative estimate of drug-likeness (QED) is 0.843. The maximum atomic E-state index is 4.82. The molecule has 0 saturated heterocycles. The molecule has 1 aliphatic rings. The summed E-state index contributed by atoms with van der Waals surface area (Å²) in [6.45, 7) is 7.10. The van der Waals surface area contributed by atoms with Crippen molar-refractivity contribution in [2.75, 3.05) is 12.4 Å².